The summed E-state index contributed by atoms with van der Waals surface area (Å²) in [6.07, 6.45) is 6.33. The highest BCUT2D eigenvalue weighted by atomic mass is 15.0. The van der Waals surface area contributed by atoms with Gasteiger partial charge in [-0.05, 0) is 96.9 Å². The topological polar surface area (TPSA) is 17.3 Å². The Morgan fingerprint density at radius 2 is 1.71 bits per heavy atom. The average Bonchev–Trinajstić information content (AvgIpc) is 3.27. The molecular formula is C22H20N2. The molecule has 118 valence electrons. The SMILES string of the molecule is Cc1cc2nc3c4cc5c(cc4ccn3c2cc1C)C1CCC5C1. The third-order valence-electron chi connectivity index (χ3n) is 6.52. The Balaban J connectivity index is 1.75. The Kier molecular flexibility index (Phi) is 2.27. The van der Waals surface area contributed by atoms with Gasteiger partial charge < -0.3 is 0 Å². The third-order valence-corrected chi connectivity index (χ3v) is 6.52. The van der Waals surface area contributed by atoms with Crippen LogP contribution in [0.3, 0.4) is 0 Å². The lowest BCUT2D eigenvalue weighted by atomic mass is 9.90. The number of nitrogens with zero attached hydrogens (tertiary/aromatic N) is 2. The summed E-state index contributed by atoms with van der Waals surface area (Å²) < 4.78 is 2.27. The highest BCUT2D eigenvalue weighted by Crippen LogP contribution is 2.54. The lowest BCUT2D eigenvalue weighted by Gasteiger charge is -2.16. The number of hydrogen-bond acceptors (Lipinski definition) is 1. The zero-order valence-corrected chi connectivity index (χ0v) is 14.1. The Hall–Kier alpha value is -2.35. The van der Waals surface area contributed by atoms with Crippen LogP contribution in [0.4, 0.5) is 0 Å². The average molecular weight is 312 g/mol. The van der Waals surface area contributed by atoms with Crippen LogP contribution in [0.2, 0.25) is 0 Å². The minimum atomic E-state index is 0.795. The molecule has 0 spiro atoms. The molecule has 2 heterocycles. The van der Waals surface area contributed by atoms with E-state index in [1.54, 1.807) is 11.1 Å². The van der Waals surface area contributed by atoms with Crippen molar-refractivity contribution in [1.29, 1.82) is 0 Å². The maximum absolute atomic E-state index is 5.00. The predicted octanol–water partition coefficient (Wildman–Crippen LogP) is 5.62. The number of rotatable bonds is 0. The van der Waals surface area contributed by atoms with Gasteiger partial charge in [-0.25, -0.2) is 4.98 Å². The molecule has 6 rings (SSSR count). The number of hydrogen-bond donors (Lipinski definition) is 0. The van der Waals surface area contributed by atoms with Crippen molar-refractivity contribution in [2.45, 2.75) is 44.9 Å². The first-order chi connectivity index (χ1) is 11.7. The maximum Gasteiger partial charge on any atom is 0.145 e. The first-order valence-electron chi connectivity index (χ1n) is 9.04. The van der Waals surface area contributed by atoms with Crippen LogP contribution in [0, 0.1) is 13.8 Å². The van der Waals surface area contributed by atoms with Crippen molar-refractivity contribution in [3.8, 4) is 0 Å². The minimum Gasteiger partial charge on any atom is -0.299 e. The standard InChI is InChI=1S/C22H20N2/c1-12-7-20-21(8-13(12)2)24-6-5-16-10-17-14-3-4-15(9-14)18(17)11-19(16)22(24)23-20/h5-8,10-11,14-15H,3-4,9H2,1-2H3. The van der Waals surface area contributed by atoms with Gasteiger partial charge in [0.05, 0.1) is 11.0 Å². The van der Waals surface area contributed by atoms with Gasteiger partial charge in [-0.3, -0.25) is 4.40 Å². The van der Waals surface area contributed by atoms with Crippen molar-refractivity contribution >= 4 is 27.5 Å². The van der Waals surface area contributed by atoms with Gasteiger partial charge in [-0.15, -0.1) is 0 Å². The van der Waals surface area contributed by atoms with Crippen LogP contribution in [0.15, 0.2) is 36.5 Å². The molecule has 2 bridgehead atoms. The molecule has 24 heavy (non-hydrogen) atoms. The molecule has 2 nitrogen and oxygen atoms in total. The zero-order chi connectivity index (χ0) is 16.0. The Labute approximate surface area is 141 Å². The predicted molar refractivity (Wildman–Crippen MR) is 99.0 cm³/mol. The Morgan fingerprint density at radius 1 is 0.958 bits per heavy atom. The van der Waals surface area contributed by atoms with Crippen molar-refractivity contribution in [2.75, 3.05) is 0 Å². The van der Waals surface area contributed by atoms with Gasteiger partial charge in [0.25, 0.3) is 0 Å². The van der Waals surface area contributed by atoms with Crippen LogP contribution in [-0.2, 0) is 0 Å². The molecule has 1 saturated carbocycles. The lowest BCUT2D eigenvalue weighted by Crippen LogP contribution is -1.98. The summed E-state index contributed by atoms with van der Waals surface area (Å²) in [5.74, 6) is 1.61. The molecule has 2 aliphatic rings. The zero-order valence-electron chi connectivity index (χ0n) is 14.1. The highest BCUT2D eigenvalue weighted by molar-refractivity contribution is 5.99. The van der Waals surface area contributed by atoms with Crippen molar-refractivity contribution in [2.24, 2.45) is 0 Å². The second-order valence-corrected chi connectivity index (χ2v) is 7.82. The van der Waals surface area contributed by atoms with Gasteiger partial charge in [-0.2, -0.15) is 0 Å². The summed E-state index contributed by atoms with van der Waals surface area (Å²) >= 11 is 0. The first kappa shape index (κ1) is 13.0. The summed E-state index contributed by atoms with van der Waals surface area (Å²) in [5, 5.41) is 2.66. The minimum absolute atomic E-state index is 0.795. The Morgan fingerprint density at radius 3 is 2.54 bits per heavy atom. The molecule has 2 aliphatic carbocycles. The Bertz CT molecular complexity index is 1170. The monoisotopic (exact) mass is 312 g/mol. The van der Waals surface area contributed by atoms with E-state index in [-0.39, 0.29) is 0 Å². The number of aromatic nitrogens is 2. The van der Waals surface area contributed by atoms with Crippen LogP contribution in [-0.4, -0.2) is 9.38 Å². The molecule has 2 atom stereocenters. The van der Waals surface area contributed by atoms with Crippen LogP contribution in [0.1, 0.15) is 53.4 Å². The van der Waals surface area contributed by atoms with Gasteiger partial charge >= 0.3 is 0 Å². The number of pyridine rings is 1. The second-order valence-electron chi connectivity index (χ2n) is 7.82. The molecule has 2 aromatic carbocycles. The smallest absolute Gasteiger partial charge is 0.145 e. The molecule has 2 unspecified atom stereocenters. The summed E-state index contributed by atoms with van der Waals surface area (Å²) in [6.45, 7) is 4.35. The highest BCUT2D eigenvalue weighted by Gasteiger charge is 2.37. The molecule has 4 aromatic rings. The van der Waals surface area contributed by atoms with E-state index < -0.39 is 0 Å². The van der Waals surface area contributed by atoms with Crippen LogP contribution < -0.4 is 0 Å². The van der Waals surface area contributed by atoms with Gasteiger partial charge in [0.1, 0.15) is 5.65 Å². The van der Waals surface area contributed by atoms with Crippen LogP contribution in [0.5, 0.6) is 0 Å². The molecule has 0 aliphatic heterocycles. The summed E-state index contributed by atoms with van der Waals surface area (Å²) in [7, 11) is 0. The number of benzene rings is 2. The van der Waals surface area contributed by atoms with Crippen molar-refractivity contribution < 1.29 is 0 Å². The molecular weight excluding hydrogens is 292 g/mol. The third kappa shape index (κ3) is 1.49. The van der Waals surface area contributed by atoms with E-state index in [4.69, 9.17) is 4.98 Å². The van der Waals surface area contributed by atoms with Crippen molar-refractivity contribution in [3.05, 3.63) is 58.8 Å². The lowest BCUT2D eigenvalue weighted by molar-refractivity contribution is 0.719. The van der Waals surface area contributed by atoms with Crippen molar-refractivity contribution in [3.63, 3.8) is 0 Å². The number of imidazole rings is 1. The molecule has 2 aromatic heterocycles. The molecule has 0 saturated heterocycles. The number of aryl methyl sites for hydroxylation is 2. The van der Waals surface area contributed by atoms with E-state index in [2.05, 4.69) is 54.8 Å². The molecule has 1 fully saturated rings. The van der Waals surface area contributed by atoms with E-state index in [1.165, 1.54) is 46.7 Å². The fraction of sp³-hybridized carbons (Fsp3) is 0.318. The van der Waals surface area contributed by atoms with E-state index in [1.807, 2.05) is 0 Å². The van der Waals surface area contributed by atoms with E-state index in [0.29, 0.717) is 0 Å². The fourth-order valence-electron chi connectivity index (χ4n) is 5.08. The van der Waals surface area contributed by atoms with E-state index >= 15 is 0 Å². The van der Waals surface area contributed by atoms with Crippen molar-refractivity contribution in [1.82, 2.24) is 9.38 Å². The normalized spacial score (nSPS) is 22.1. The first-order valence-corrected chi connectivity index (χ1v) is 9.04. The maximum atomic E-state index is 5.00. The van der Waals surface area contributed by atoms with Gasteiger partial charge in [0, 0.05) is 11.6 Å². The molecule has 2 heteroatoms. The molecule has 0 radical (unpaired) electrons. The van der Waals surface area contributed by atoms with Gasteiger partial charge in [0.2, 0.25) is 0 Å². The van der Waals surface area contributed by atoms with E-state index in [0.717, 1.165) is 23.0 Å². The molecule has 0 amide bonds. The fourth-order valence-corrected chi connectivity index (χ4v) is 5.08. The largest absolute Gasteiger partial charge is 0.299 e. The number of fused-ring (bicyclic) bond motifs is 10. The van der Waals surface area contributed by atoms with Crippen LogP contribution in [0.25, 0.3) is 27.5 Å². The van der Waals surface area contributed by atoms with Gasteiger partial charge in [-0.1, -0.05) is 6.07 Å². The molecule has 0 N–H and O–H groups in total. The summed E-state index contributed by atoms with van der Waals surface area (Å²) in [4.78, 5) is 5.00. The summed E-state index contributed by atoms with van der Waals surface area (Å²) in [5.41, 5.74) is 9.30. The van der Waals surface area contributed by atoms with Gasteiger partial charge in [0.15, 0.2) is 0 Å². The van der Waals surface area contributed by atoms with E-state index in [9.17, 15) is 0 Å². The summed E-state index contributed by atoms with van der Waals surface area (Å²) in [6, 6.07) is 11.7. The second kappa shape index (κ2) is 4.18. The quantitative estimate of drug-likeness (QED) is 0.412. The van der Waals surface area contributed by atoms with Crippen LogP contribution >= 0.6 is 0 Å².